The van der Waals surface area contributed by atoms with Crippen molar-refractivity contribution in [1.29, 1.82) is 0 Å². The normalized spacial score (nSPS) is 10.1. The van der Waals surface area contributed by atoms with E-state index < -0.39 is 5.91 Å². The lowest BCUT2D eigenvalue weighted by Crippen LogP contribution is -2.24. The van der Waals surface area contributed by atoms with Gasteiger partial charge in [0.05, 0.1) is 0 Å². The average Bonchev–Trinajstić information content (AvgIpc) is 2.24. The third-order valence-electron chi connectivity index (χ3n) is 2.31. The van der Waals surface area contributed by atoms with Gasteiger partial charge in [-0.2, -0.15) is 0 Å². The van der Waals surface area contributed by atoms with Gasteiger partial charge in [0, 0.05) is 6.54 Å². The predicted molar refractivity (Wildman–Crippen MR) is 61.6 cm³/mol. The maximum atomic E-state index is 11.6. The molecule has 0 aliphatic rings. The van der Waals surface area contributed by atoms with Crippen LogP contribution in [0.4, 0.5) is 0 Å². The van der Waals surface area contributed by atoms with Gasteiger partial charge in [0.15, 0.2) is 0 Å². The van der Waals surface area contributed by atoms with Crippen molar-refractivity contribution >= 4 is 5.91 Å². The minimum absolute atomic E-state index is 0.0565. The Morgan fingerprint density at radius 2 is 1.88 bits per heavy atom. The van der Waals surface area contributed by atoms with Gasteiger partial charge in [0.1, 0.15) is 17.1 Å². The minimum Gasteiger partial charge on any atom is -0.507 e. The third-order valence-corrected chi connectivity index (χ3v) is 2.31. The fourth-order valence-corrected chi connectivity index (χ4v) is 1.43. The first-order valence-corrected chi connectivity index (χ1v) is 5.46. The molecule has 1 amide bonds. The number of aromatic hydroxyl groups is 2. The minimum atomic E-state index is -0.438. The molecule has 0 fully saturated rings. The summed E-state index contributed by atoms with van der Waals surface area (Å²) in [6.45, 7) is 2.64. The second-order valence-electron chi connectivity index (χ2n) is 3.63. The number of hydrogen-bond donors (Lipinski definition) is 3. The molecule has 0 spiro atoms. The second kappa shape index (κ2) is 6.00. The van der Waals surface area contributed by atoms with Crippen molar-refractivity contribution in [2.75, 3.05) is 6.54 Å². The quantitative estimate of drug-likeness (QED) is 0.669. The molecule has 0 unspecified atom stereocenters. The molecule has 0 saturated carbocycles. The zero-order chi connectivity index (χ0) is 12.0. The SMILES string of the molecule is CCCCCNC(=O)c1c(O)cccc1O. The number of unbranched alkanes of at least 4 members (excludes halogenated alkanes) is 2. The summed E-state index contributed by atoms with van der Waals surface area (Å²) >= 11 is 0. The molecule has 4 heteroatoms. The smallest absolute Gasteiger partial charge is 0.258 e. The van der Waals surface area contributed by atoms with Crippen LogP contribution in [0.3, 0.4) is 0 Å². The molecule has 4 nitrogen and oxygen atoms in total. The summed E-state index contributed by atoms with van der Waals surface area (Å²) in [4.78, 5) is 11.6. The molecule has 1 rings (SSSR count). The van der Waals surface area contributed by atoms with Crippen molar-refractivity contribution in [3.63, 3.8) is 0 Å². The number of nitrogens with one attached hydrogen (secondary N) is 1. The van der Waals surface area contributed by atoms with Crippen molar-refractivity contribution in [2.45, 2.75) is 26.2 Å². The summed E-state index contributed by atoms with van der Waals surface area (Å²) in [7, 11) is 0. The lowest BCUT2D eigenvalue weighted by Gasteiger charge is -2.07. The first-order valence-electron chi connectivity index (χ1n) is 5.46. The van der Waals surface area contributed by atoms with Crippen molar-refractivity contribution in [2.24, 2.45) is 0 Å². The van der Waals surface area contributed by atoms with Crippen LogP contribution >= 0.6 is 0 Å². The van der Waals surface area contributed by atoms with Gasteiger partial charge >= 0.3 is 0 Å². The van der Waals surface area contributed by atoms with Gasteiger partial charge in [-0.3, -0.25) is 4.79 Å². The monoisotopic (exact) mass is 223 g/mol. The number of carbonyl (C=O) groups excluding carboxylic acids is 1. The van der Waals surface area contributed by atoms with Crippen LogP contribution < -0.4 is 5.32 Å². The van der Waals surface area contributed by atoms with Gasteiger partial charge < -0.3 is 15.5 Å². The highest BCUT2D eigenvalue weighted by Gasteiger charge is 2.14. The summed E-state index contributed by atoms with van der Waals surface area (Å²) in [5.41, 5.74) is -0.0565. The van der Waals surface area contributed by atoms with Crippen LogP contribution in [-0.2, 0) is 0 Å². The summed E-state index contributed by atoms with van der Waals surface area (Å²) < 4.78 is 0. The van der Waals surface area contributed by atoms with E-state index in [1.54, 1.807) is 0 Å². The predicted octanol–water partition coefficient (Wildman–Crippen LogP) is 2.02. The van der Waals surface area contributed by atoms with E-state index in [0.29, 0.717) is 6.54 Å². The number of amides is 1. The molecule has 0 aliphatic heterocycles. The molecule has 0 saturated heterocycles. The Kier molecular flexibility index (Phi) is 4.64. The summed E-state index contributed by atoms with van der Waals surface area (Å²) in [6, 6.07) is 4.24. The second-order valence-corrected chi connectivity index (χ2v) is 3.63. The van der Waals surface area contributed by atoms with Crippen LogP contribution in [0.15, 0.2) is 18.2 Å². The number of rotatable bonds is 5. The molecule has 88 valence electrons. The zero-order valence-corrected chi connectivity index (χ0v) is 9.36. The number of phenolic OH excluding ortho intramolecular Hbond substituents is 2. The number of hydrogen-bond acceptors (Lipinski definition) is 3. The van der Waals surface area contributed by atoms with Crippen molar-refractivity contribution in [3.05, 3.63) is 23.8 Å². The number of benzene rings is 1. The molecule has 0 radical (unpaired) electrons. The van der Waals surface area contributed by atoms with Gasteiger partial charge in [0.25, 0.3) is 5.91 Å². The molecule has 0 atom stereocenters. The summed E-state index contributed by atoms with van der Waals surface area (Å²) in [5, 5.41) is 21.5. The lowest BCUT2D eigenvalue weighted by atomic mass is 10.1. The average molecular weight is 223 g/mol. The maximum absolute atomic E-state index is 11.6. The van der Waals surface area contributed by atoms with Gasteiger partial charge in [-0.25, -0.2) is 0 Å². The van der Waals surface area contributed by atoms with Crippen LogP contribution in [0, 0.1) is 0 Å². The van der Waals surface area contributed by atoms with Crippen LogP contribution in [0.25, 0.3) is 0 Å². The van der Waals surface area contributed by atoms with E-state index in [2.05, 4.69) is 12.2 Å². The summed E-state index contributed by atoms with van der Waals surface area (Å²) in [5.74, 6) is -0.840. The van der Waals surface area contributed by atoms with Crippen molar-refractivity contribution in [1.82, 2.24) is 5.32 Å². The van der Waals surface area contributed by atoms with Crippen molar-refractivity contribution < 1.29 is 15.0 Å². The van der Waals surface area contributed by atoms with E-state index in [9.17, 15) is 15.0 Å². The molecule has 16 heavy (non-hydrogen) atoms. The molecule has 1 aromatic carbocycles. The van der Waals surface area contributed by atoms with Crippen molar-refractivity contribution in [3.8, 4) is 11.5 Å². The van der Waals surface area contributed by atoms with E-state index in [-0.39, 0.29) is 17.1 Å². The van der Waals surface area contributed by atoms with Crippen LogP contribution in [0.1, 0.15) is 36.5 Å². The van der Waals surface area contributed by atoms with Crippen LogP contribution in [0.5, 0.6) is 11.5 Å². The molecular formula is C12H17NO3. The Morgan fingerprint density at radius 3 is 2.44 bits per heavy atom. The molecule has 0 bridgehead atoms. The fraction of sp³-hybridized carbons (Fsp3) is 0.417. The Balaban J connectivity index is 2.59. The third kappa shape index (κ3) is 3.15. The Bertz CT molecular complexity index is 343. The highest BCUT2D eigenvalue weighted by Crippen LogP contribution is 2.25. The Labute approximate surface area is 94.9 Å². The van der Waals surface area contributed by atoms with E-state index >= 15 is 0 Å². The highest BCUT2D eigenvalue weighted by atomic mass is 16.3. The molecule has 0 heterocycles. The van der Waals surface area contributed by atoms with Crippen LogP contribution in [-0.4, -0.2) is 22.7 Å². The van der Waals surface area contributed by atoms with E-state index in [0.717, 1.165) is 19.3 Å². The number of carbonyl (C=O) groups is 1. The molecule has 0 aromatic heterocycles. The summed E-state index contributed by atoms with van der Waals surface area (Å²) in [6.07, 6.45) is 3.03. The fourth-order valence-electron chi connectivity index (χ4n) is 1.43. The zero-order valence-electron chi connectivity index (χ0n) is 9.36. The molecule has 1 aromatic rings. The van der Waals surface area contributed by atoms with Gasteiger partial charge in [-0.05, 0) is 18.6 Å². The molecule has 3 N–H and O–H groups in total. The standard InChI is InChI=1S/C12H17NO3/c1-2-3-4-8-13-12(16)11-9(14)6-5-7-10(11)15/h5-7,14-15H,2-4,8H2,1H3,(H,13,16). The maximum Gasteiger partial charge on any atom is 0.258 e. The van der Waals surface area contributed by atoms with Crippen LogP contribution in [0.2, 0.25) is 0 Å². The first kappa shape index (κ1) is 12.4. The number of phenols is 2. The molecule has 0 aliphatic carbocycles. The largest absolute Gasteiger partial charge is 0.507 e. The van der Waals surface area contributed by atoms with Gasteiger partial charge in [0.2, 0.25) is 0 Å². The topological polar surface area (TPSA) is 69.6 Å². The van der Waals surface area contributed by atoms with E-state index in [4.69, 9.17) is 0 Å². The van der Waals surface area contributed by atoms with Gasteiger partial charge in [-0.1, -0.05) is 25.8 Å². The lowest BCUT2D eigenvalue weighted by molar-refractivity contribution is 0.0947. The highest BCUT2D eigenvalue weighted by molar-refractivity contribution is 5.99. The van der Waals surface area contributed by atoms with Gasteiger partial charge in [-0.15, -0.1) is 0 Å². The molecular weight excluding hydrogens is 206 g/mol. The Morgan fingerprint density at radius 1 is 1.25 bits per heavy atom. The Hall–Kier alpha value is -1.71. The van der Waals surface area contributed by atoms with E-state index in [1.807, 2.05) is 0 Å². The van der Waals surface area contributed by atoms with E-state index in [1.165, 1.54) is 18.2 Å². The first-order chi connectivity index (χ1) is 7.66.